The molecule has 1 aliphatic heterocycles. The molecule has 3 aromatic carbocycles. The lowest BCUT2D eigenvalue weighted by atomic mass is 10.1. The van der Waals surface area contributed by atoms with Crippen LogP contribution in [0.15, 0.2) is 71.6 Å². The lowest BCUT2D eigenvalue weighted by molar-refractivity contribution is 0.102. The Morgan fingerprint density at radius 2 is 1.83 bits per heavy atom. The lowest BCUT2D eigenvalue weighted by Gasteiger charge is -2.40. The number of rotatable bonds is 7. The second kappa shape index (κ2) is 10.7. The van der Waals surface area contributed by atoms with Crippen molar-refractivity contribution in [2.24, 2.45) is 0 Å². The Kier molecular flexibility index (Phi) is 7.61. The molecule has 3 aromatic rings. The number of carbonyl (C=O) groups excluding carboxylic acids is 1. The van der Waals surface area contributed by atoms with Crippen molar-refractivity contribution < 1.29 is 22.3 Å². The van der Waals surface area contributed by atoms with Crippen LogP contribution in [0.3, 0.4) is 0 Å². The number of anilines is 2. The molecule has 1 N–H and O–H groups in total. The van der Waals surface area contributed by atoms with Gasteiger partial charge in [-0.15, -0.1) is 0 Å². The Morgan fingerprint density at radius 3 is 2.50 bits per heavy atom. The van der Waals surface area contributed by atoms with E-state index in [1.165, 1.54) is 10.4 Å². The lowest BCUT2D eigenvalue weighted by Crippen LogP contribution is -2.53. The standard InChI is InChI=1S/C27H30FN3O4S/c1-4-35-24-11-9-22(10-12-24)29-27(32)21-8-13-25(28)26(17-21)36(33,34)30-14-15-31(20(3)18-30)23-7-5-6-19(2)16-23/h5-13,16-17,20H,4,14-15,18H2,1-3H3,(H,29,32)/t20-/m0/s1. The average molecular weight is 512 g/mol. The summed E-state index contributed by atoms with van der Waals surface area (Å²) < 4.78 is 48.2. The molecule has 1 heterocycles. The number of aryl methyl sites for hydroxylation is 1. The molecule has 7 nitrogen and oxygen atoms in total. The second-order valence-electron chi connectivity index (χ2n) is 8.80. The SMILES string of the molecule is CCOc1ccc(NC(=O)c2ccc(F)c(S(=O)(=O)N3CCN(c4cccc(C)c4)[C@@H](C)C3)c2)cc1. The molecule has 1 amide bonds. The van der Waals surface area contributed by atoms with E-state index in [1.807, 2.05) is 39.0 Å². The van der Waals surface area contributed by atoms with Gasteiger partial charge in [-0.3, -0.25) is 4.79 Å². The number of halogens is 1. The fraction of sp³-hybridized carbons (Fsp3) is 0.296. The Hall–Kier alpha value is -3.43. The van der Waals surface area contributed by atoms with Crippen molar-refractivity contribution in [3.63, 3.8) is 0 Å². The van der Waals surface area contributed by atoms with E-state index in [4.69, 9.17) is 4.74 Å². The zero-order chi connectivity index (χ0) is 25.9. The number of benzene rings is 3. The first-order valence-electron chi connectivity index (χ1n) is 11.9. The van der Waals surface area contributed by atoms with Crippen LogP contribution in [-0.2, 0) is 10.0 Å². The highest BCUT2D eigenvalue weighted by molar-refractivity contribution is 7.89. The molecule has 0 saturated carbocycles. The summed E-state index contributed by atoms with van der Waals surface area (Å²) in [6.45, 7) is 7.25. The van der Waals surface area contributed by atoms with Gasteiger partial charge in [-0.25, -0.2) is 12.8 Å². The number of nitrogens with zero attached hydrogens (tertiary/aromatic N) is 2. The van der Waals surface area contributed by atoms with E-state index in [-0.39, 0.29) is 24.7 Å². The number of hydrogen-bond acceptors (Lipinski definition) is 5. The minimum Gasteiger partial charge on any atom is -0.494 e. The Labute approximate surface area is 211 Å². The van der Waals surface area contributed by atoms with Crippen molar-refractivity contribution in [3.05, 3.63) is 83.7 Å². The summed E-state index contributed by atoms with van der Waals surface area (Å²) in [5, 5.41) is 2.71. The molecule has 1 atom stereocenters. The van der Waals surface area contributed by atoms with Crippen molar-refractivity contribution in [1.82, 2.24) is 4.31 Å². The maximum Gasteiger partial charge on any atom is 0.255 e. The third kappa shape index (κ3) is 5.52. The van der Waals surface area contributed by atoms with Crippen LogP contribution in [-0.4, -0.2) is 50.9 Å². The topological polar surface area (TPSA) is 78.9 Å². The molecule has 1 fully saturated rings. The molecule has 9 heteroatoms. The fourth-order valence-electron chi connectivity index (χ4n) is 4.32. The molecule has 1 aliphatic rings. The molecule has 36 heavy (non-hydrogen) atoms. The van der Waals surface area contributed by atoms with Crippen molar-refractivity contribution in [2.75, 3.05) is 36.5 Å². The number of hydrogen-bond donors (Lipinski definition) is 1. The molecule has 0 radical (unpaired) electrons. The van der Waals surface area contributed by atoms with Gasteiger partial charge in [-0.1, -0.05) is 12.1 Å². The highest BCUT2D eigenvalue weighted by Crippen LogP contribution is 2.27. The Bertz CT molecular complexity index is 1350. The van der Waals surface area contributed by atoms with Crippen LogP contribution in [0.5, 0.6) is 5.75 Å². The van der Waals surface area contributed by atoms with E-state index in [1.54, 1.807) is 24.3 Å². The fourth-order valence-corrected chi connectivity index (χ4v) is 5.92. The summed E-state index contributed by atoms with van der Waals surface area (Å²) in [6, 6.07) is 18.1. The van der Waals surface area contributed by atoms with Gasteiger partial charge in [0.1, 0.15) is 16.5 Å². The van der Waals surface area contributed by atoms with E-state index in [2.05, 4.69) is 16.3 Å². The zero-order valence-corrected chi connectivity index (χ0v) is 21.4. The van der Waals surface area contributed by atoms with E-state index in [0.29, 0.717) is 24.6 Å². The smallest absolute Gasteiger partial charge is 0.255 e. The van der Waals surface area contributed by atoms with Crippen LogP contribution in [0.1, 0.15) is 29.8 Å². The summed E-state index contributed by atoms with van der Waals surface area (Å²) in [6.07, 6.45) is 0. The largest absolute Gasteiger partial charge is 0.494 e. The monoisotopic (exact) mass is 511 g/mol. The molecular weight excluding hydrogens is 481 g/mol. The van der Waals surface area contributed by atoms with Crippen molar-refractivity contribution in [2.45, 2.75) is 31.7 Å². The van der Waals surface area contributed by atoms with Crippen LogP contribution in [0.4, 0.5) is 15.8 Å². The van der Waals surface area contributed by atoms with Crippen molar-refractivity contribution in [1.29, 1.82) is 0 Å². The maximum absolute atomic E-state index is 14.7. The Balaban J connectivity index is 1.51. The van der Waals surface area contributed by atoms with Crippen LogP contribution < -0.4 is 15.0 Å². The first kappa shape index (κ1) is 25.7. The van der Waals surface area contributed by atoms with Crippen LogP contribution in [0, 0.1) is 12.7 Å². The van der Waals surface area contributed by atoms with Crippen LogP contribution in [0.25, 0.3) is 0 Å². The van der Waals surface area contributed by atoms with Gasteiger partial charge in [0.05, 0.1) is 6.61 Å². The molecule has 190 valence electrons. The average Bonchev–Trinajstić information content (AvgIpc) is 2.85. The van der Waals surface area contributed by atoms with E-state index in [9.17, 15) is 17.6 Å². The molecule has 0 unspecified atom stereocenters. The number of nitrogens with one attached hydrogen (secondary N) is 1. The Morgan fingerprint density at radius 1 is 1.08 bits per heavy atom. The second-order valence-corrected chi connectivity index (χ2v) is 10.7. The molecule has 1 saturated heterocycles. The summed E-state index contributed by atoms with van der Waals surface area (Å²) in [5.74, 6) is -0.753. The minimum absolute atomic E-state index is 0.0512. The number of carbonyl (C=O) groups is 1. The van der Waals surface area contributed by atoms with E-state index < -0.39 is 26.6 Å². The number of ether oxygens (including phenoxy) is 1. The predicted molar refractivity (Wildman–Crippen MR) is 139 cm³/mol. The first-order valence-corrected chi connectivity index (χ1v) is 13.3. The zero-order valence-electron chi connectivity index (χ0n) is 20.6. The molecule has 0 bridgehead atoms. The van der Waals surface area contributed by atoms with Crippen molar-refractivity contribution in [3.8, 4) is 5.75 Å². The molecule has 0 spiro atoms. The molecule has 0 aromatic heterocycles. The predicted octanol–water partition coefficient (Wildman–Crippen LogP) is 4.68. The normalized spacial score (nSPS) is 16.6. The highest BCUT2D eigenvalue weighted by Gasteiger charge is 2.34. The van der Waals surface area contributed by atoms with E-state index >= 15 is 0 Å². The van der Waals surface area contributed by atoms with Gasteiger partial charge in [0.2, 0.25) is 10.0 Å². The molecule has 0 aliphatic carbocycles. The third-order valence-electron chi connectivity index (χ3n) is 6.16. The number of piperazine rings is 1. The van der Waals surface area contributed by atoms with Crippen LogP contribution >= 0.6 is 0 Å². The van der Waals surface area contributed by atoms with Crippen LogP contribution in [0.2, 0.25) is 0 Å². The minimum atomic E-state index is -4.15. The van der Waals surface area contributed by atoms with Gasteiger partial charge < -0.3 is 15.0 Å². The quantitative estimate of drug-likeness (QED) is 0.498. The van der Waals surface area contributed by atoms with Gasteiger partial charge in [0, 0.05) is 42.6 Å². The third-order valence-corrected chi connectivity index (χ3v) is 8.04. The van der Waals surface area contributed by atoms with E-state index in [0.717, 1.165) is 23.4 Å². The van der Waals surface area contributed by atoms with Gasteiger partial charge in [-0.2, -0.15) is 4.31 Å². The summed E-state index contributed by atoms with van der Waals surface area (Å²) in [7, 11) is -4.15. The van der Waals surface area contributed by atoms with Gasteiger partial charge in [0.15, 0.2) is 0 Å². The number of amides is 1. The van der Waals surface area contributed by atoms with Crippen molar-refractivity contribution >= 4 is 27.3 Å². The first-order chi connectivity index (χ1) is 17.2. The van der Waals surface area contributed by atoms with Gasteiger partial charge in [-0.05, 0) is 80.9 Å². The number of sulfonamides is 1. The van der Waals surface area contributed by atoms with Gasteiger partial charge >= 0.3 is 0 Å². The van der Waals surface area contributed by atoms with Gasteiger partial charge in [0.25, 0.3) is 5.91 Å². The molecule has 4 rings (SSSR count). The molecular formula is C27H30FN3O4S. The highest BCUT2D eigenvalue weighted by atomic mass is 32.2. The summed E-state index contributed by atoms with van der Waals surface area (Å²) >= 11 is 0. The maximum atomic E-state index is 14.7. The summed E-state index contributed by atoms with van der Waals surface area (Å²) in [4.78, 5) is 14.4. The summed E-state index contributed by atoms with van der Waals surface area (Å²) in [5.41, 5.74) is 2.71.